The summed E-state index contributed by atoms with van der Waals surface area (Å²) in [6.07, 6.45) is 0.211. The fourth-order valence-electron chi connectivity index (χ4n) is 4.18. The number of carboxylic acid groups (broad SMARTS) is 1. The number of benzene rings is 2. The van der Waals surface area contributed by atoms with Crippen LogP contribution in [0, 0.1) is 11.8 Å². The fraction of sp³-hybridized carbons (Fsp3) is 0.423. The molecular formula is C26H32N2O5. The Hall–Kier alpha value is -3.35. The second-order valence-electron chi connectivity index (χ2n) is 8.97. The predicted octanol–water partition coefficient (Wildman–Crippen LogP) is 4.17. The molecule has 0 aliphatic heterocycles. The first-order valence-corrected chi connectivity index (χ1v) is 11.4. The van der Waals surface area contributed by atoms with E-state index in [9.17, 15) is 19.5 Å². The van der Waals surface area contributed by atoms with E-state index in [1.807, 2.05) is 38.1 Å². The topological polar surface area (TPSA) is 105 Å². The summed E-state index contributed by atoms with van der Waals surface area (Å²) < 4.78 is 5.49. The van der Waals surface area contributed by atoms with E-state index in [1.54, 1.807) is 6.92 Å². The number of alkyl carbamates (subject to hydrolysis) is 1. The van der Waals surface area contributed by atoms with E-state index in [0.29, 0.717) is 12.8 Å². The molecular weight excluding hydrogens is 420 g/mol. The van der Waals surface area contributed by atoms with E-state index in [2.05, 4.69) is 34.9 Å². The third-order valence-corrected chi connectivity index (χ3v) is 5.96. The van der Waals surface area contributed by atoms with Crippen LogP contribution in [0.5, 0.6) is 0 Å². The number of nitrogens with one attached hydrogen (secondary N) is 2. The van der Waals surface area contributed by atoms with Gasteiger partial charge in [0.15, 0.2) is 0 Å². The molecule has 176 valence electrons. The van der Waals surface area contributed by atoms with Crippen LogP contribution in [0.4, 0.5) is 4.79 Å². The van der Waals surface area contributed by atoms with Crippen LogP contribution in [-0.4, -0.2) is 42.3 Å². The lowest BCUT2D eigenvalue weighted by molar-refractivity contribution is -0.142. The Morgan fingerprint density at radius 2 is 1.55 bits per heavy atom. The molecule has 0 heterocycles. The van der Waals surface area contributed by atoms with Crippen molar-refractivity contribution in [2.45, 2.75) is 45.6 Å². The van der Waals surface area contributed by atoms with E-state index in [-0.39, 0.29) is 30.9 Å². The van der Waals surface area contributed by atoms with Crippen molar-refractivity contribution in [2.24, 2.45) is 11.8 Å². The maximum absolute atomic E-state index is 12.3. The Labute approximate surface area is 194 Å². The zero-order valence-electron chi connectivity index (χ0n) is 19.3. The summed E-state index contributed by atoms with van der Waals surface area (Å²) in [4.78, 5) is 35.9. The number of ether oxygens (including phenoxy) is 1. The number of hydrogen-bond acceptors (Lipinski definition) is 4. The predicted molar refractivity (Wildman–Crippen MR) is 126 cm³/mol. The first-order valence-electron chi connectivity index (χ1n) is 11.4. The summed E-state index contributed by atoms with van der Waals surface area (Å²) in [5.74, 6) is -1.68. The normalized spacial score (nSPS) is 14.2. The minimum absolute atomic E-state index is 0.0123. The number of carbonyl (C=O) groups is 3. The largest absolute Gasteiger partial charge is 0.480 e. The van der Waals surface area contributed by atoms with Crippen molar-refractivity contribution in [2.75, 3.05) is 13.2 Å². The summed E-state index contributed by atoms with van der Waals surface area (Å²) in [5, 5.41) is 14.6. The minimum Gasteiger partial charge on any atom is -0.480 e. The Balaban J connectivity index is 1.46. The molecule has 7 nitrogen and oxygen atoms in total. The fourth-order valence-corrected chi connectivity index (χ4v) is 4.18. The molecule has 0 saturated carbocycles. The van der Waals surface area contributed by atoms with E-state index in [4.69, 9.17) is 4.74 Å². The maximum Gasteiger partial charge on any atom is 0.407 e. The molecule has 7 heteroatoms. The van der Waals surface area contributed by atoms with Crippen LogP contribution in [0.3, 0.4) is 0 Å². The molecule has 2 aromatic carbocycles. The molecule has 0 spiro atoms. The van der Waals surface area contributed by atoms with E-state index in [1.165, 1.54) is 11.1 Å². The van der Waals surface area contributed by atoms with Gasteiger partial charge >= 0.3 is 12.1 Å². The molecule has 0 fully saturated rings. The van der Waals surface area contributed by atoms with Gasteiger partial charge in [0.2, 0.25) is 5.91 Å². The molecule has 0 radical (unpaired) electrons. The lowest BCUT2D eigenvalue weighted by Gasteiger charge is -2.19. The van der Waals surface area contributed by atoms with Crippen molar-refractivity contribution in [3.63, 3.8) is 0 Å². The average molecular weight is 453 g/mol. The third-order valence-electron chi connectivity index (χ3n) is 5.96. The van der Waals surface area contributed by atoms with Crippen molar-refractivity contribution in [1.82, 2.24) is 10.6 Å². The number of fused-ring (bicyclic) bond motifs is 3. The summed E-state index contributed by atoms with van der Waals surface area (Å²) in [6, 6.07) is 15.4. The third kappa shape index (κ3) is 6.12. The quantitative estimate of drug-likeness (QED) is 0.502. The molecule has 0 saturated heterocycles. The van der Waals surface area contributed by atoms with Gasteiger partial charge in [-0.25, -0.2) is 9.59 Å². The highest BCUT2D eigenvalue weighted by molar-refractivity contribution is 5.84. The van der Waals surface area contributed by atoms with Gasteiger partial charge in [-0.2, -0.15) is 0 Å². The average Bonchev–Trinajstić information content (AvgIpc) is 3.10. The van der Waals surface area contributed by atoms with Crippen molar-refractivity contribution < 1.29 is 24.2 Å². The van der Waals surface area contributed by atoms with Gasteiger partial charge in [0.25, 0.3) is 0 Å². The van der Waals surface area contributed by atoms with Gasteiger partial charge in [-0.15, -0.1) is 0 Å². The van der Waals surface area contributed by atoms with Crippen LogP contribution < -0.4 is 10.6 Å². The van der Waals surface area contributed by atoms with Crippen molar-refractivity contribution in [3.8, 4) is 11.1 Å². The maximum atomic E-state index is 12.3. The highest BCUT2D eigenvalue weighted by Crippen LogP contribution is 2.44. The Morgan fingerprint density at radius 1 is 0.970 bits per heavy atom. The molecule has 3 N–H and O–H groups in total. The molecule has 2 aromatic rings. The van der Waals surface area contributed by atoms with Crippen molar-refractivity contribution in [1.29, 1.82) is 0 Å². The molecule has 2 amide bonds. The van der Waals surface area contributed by atoms with Crippen molar-refractivity contribution >= 4 is 18.0 Å². The summed E-state index contributed by atoms with van der Waals surface area (Å²) in [5.41, 5.74) is 4.62. The first kappa shape index (κ1) is 24.3. The number of rotatable bonds is 10. The highest BCUT2D eigenvalue weighted by Gasteiger charge is 2.29. The molecule has 3 rings (SSSR count). The molecule has 0 aromatic heterocycles. The highest BCUT2D eigenvalue weighted by atomic mass is 16.5. The van der Waals surface area contributed by atoms with Gasteiger partial charge in [-0.3, -0.25) is 4.79 Å². The van der Waals surface area contributed by atoms with Crippen LogP contribution in [0.2, 0.25) is 0 Å². The van der Waals surface area contributed by atoms with E-state index in [0.717, 1.165) is 11.1 Å². The summed E-state index contributed by atoms with van der Waals surface area (Å²) in [6.45, 7) is 6.01. The molecule has 2 atom stereocenters. The second kappa shape index (κ2) is 11.0. The molecule has 0 bridgehead atoms. The van der Waals surface area contributed by atoms with Gasteiger partial charge in [0, 0.05) is 18.4 Å². The standard InChI is InChI=1S/C26H32N2O5/c1-16(2)14-23(25(30)31)28-24(29)17(3)12-13-27-26(32)33-15-22-20-10-6-4-8-18(20)19-9-5-7-11-21(19)22/h4-11,16-17,22-23H,12-15H2,1-3H3,(H,27,32)(H,28,29)(H,30,31)/t17?,23-/m0/s1. The van der Waals surface area contributed by atoms with Crippen LogP contribution in [-0.2, 0) is 14.3 Å². The van der Waals surface area contributed by atoms with Crippen LogP contribution in [0.1, 0.15) is 50.7 Å². The number of carbonyl (C=O) groups excluding carboxylic acids is 2. The van der Waals surface area contributed by atoms with Gasteiger partial charge in [-0.1, -0.05) is 69.3 Å². The lowest BCUT2D eigenvalue weighted by atomic mass is 9.98. The van der Waals surface area contributed by atoms with E-state index >= 15 is 0 Å². The number of aliphatic carboxylic acids is 1. The zero-order chi connectivity index (χ0) is 24.0. The van der Waals surface area contributed by atoms with Gasteiger partial charge in [0.1, 0.15) is 12.6 Å². The van der Waals surface area contributed by atoms with Crippen LogP contribution in [0.25, 0.3) is 11.1 Å². The van der Waals surface area contributed by atoms with Gasteiger partial charge in [0.05, 0.1) is 0 Å². The second-order valence-corrected chi connectivity index (χ2v) is 8.97. The zero-order valence-corrected chi connectivity index (χ0v) is 19.3. The Bertz CT molecular complexity index is 958. The lowest BCUT2D eigenvalue weighted by Crippen LogP contribution is -2.44. The molecule has 1 aliphatic rings. The summed E-state index contributed by atoms with van der Waals surface area (Å²) in [7, 11) is 0. The number of carboxylic acids is 1. The van der Waals surface area contributed by atoms with Crippen molar-refractivity contribution in [3.05, 3.63) is 59.7 Å². The summed E-state index contributed by atoms with van der Waals surface area (Å²) >= 11 is 0. The number of amides is 2. The SMILES string of the molecule is CC(C)C[C@H](NC(=O)C(C)CCNC(=O)OCC1c2ccccc2-c2ccccc21)C(=O)O. The van der Waals surface area contributed by atoms with Gasteiger partial charge in [-0.05, 0) is 41.0 Å². The molecule has 33 heavy (non-hydrogen) atoms. The Morgan fingerprint density at radius 3 is 2.09 bits per heavy atom. The van der Waals surface area contributed by atoms with Gasteiger partial charge < -0.3 is 20.5 Å². The molecule has 1 unspecified atom stereocenters. The minimum atomic E-state index is -1.04. The molecule has 1 aliphatic carbocycles. The number of hydrogen-bond donors (Lipinski definition) is 3. The van der Waals surface area contributed by atoms with E-state index < -0.39 is 24.0 Å². The van der Waals surface area contributed by atoms with Crippen LogP contribution in [0.15, 0.2) is 48.5 Å². The van der Waals surface area contributed by atoms with Crippen LogP contribution >= 0.6 is 0 Å². The smallest absolute Gasteiger partial charge is 0.407 e. The Kier molecular flexibility index (Phi) is 8.09. The first-order chi connectivity index (χ1) is 15.8. The monoisotopic (exact) mass is 452 g/mol.